The van der Waals surface area contributed by atoms with E-state index in [1.54, 1.807) is 0 Å². The van der Waals surface area contributed by atoms with Gasteiger partial charge in [0.05, 0.1) is 22.1 Å². The third-order valence-corrected chi connectivity index (χ3v) is 15.7. The standard InChI is InChI=1S/C48H30N3PS/c53-52(37-14-3-1-4-15-37,38-16-5-2-6-17-38)39-25-36-20-19-34(27-44(36)49-30-39)35-22-24-43-46(29-35)51-45-28-33-13-8-7-12-32(33)26-42(45)41-23-21-31-11-9-10-18-40(31)47(41)48(51)50-43/h1-30H. The monoisotopic (exact) mass is 711 g/mol. The molecule has 0 bridgehead atoms. The van der Waals surface area contributed by atoms with Crippen LogP contribution in [0.3, 0.4) is 0 Å². The van der Waals surface area contributed by atoms with Crippen LogP contribution >= 0.6 is 6.04 Å². The molecule has 0 spiro atoms. The molecule has 0 saturated carbocycles. The molecule has 0 aliphatic heterocycles. The van der Waals surface area contributed by atoms with Gasteiger partial charge in [-0.2, -0.15) is 0 Å². The number of imidazole rings is 1. The number of fused-ring (bicyclic) bond motifs is 12. The van der Waals surface area contributed by atoms with E-state index in [9.17, 15) is 0 Å². The van der Waals surface area contributed by atoms with Crippen LogP contribution in [0.2, 0.25) is 0 Å². The molecule has 53 heavy (non-hydrogen) atoms. The molecule has 0 aliphatic carbocycles. The number of hydrogen-bond donors (Lipinski definition) is 0. The molecule has 11 aromatic rings. The van der Waals surface area contributed by atoms with Crippen molar-refractivity contribution in [2.24, 2.45) is 0 Å². The zero-order chi connectivity index (χ0) is 35.1. The molecule has 5 heteroatoms. The summed E-state index contributed by atoms with van der Waals surface area (Å²) in [5.41, 5.74) is 7.37. The Morgan fingerprint density at radius 1 is 0.434 bits per heavy atom. The van der Waals surface area contributed by atoms with Gasteiger partial charge < -0.3 is 0 Å². The summed E-state index contributed by atoms with van der Waals surface area (Å²) >= 11 is 6.62. The lowest BCUT2D eigenvalue weighted by molar-refractivity contribution is 1.32. The molecule has 0 fully saturated rings. The molecule has 3 aromatic heterocycles. The molecule has 0 aliphatic rings. The number of nitrogens with zero attached hydrogens (tertiary/aromatic N) is 3. The first-order valence-corrected chi connectivity index (χ1v) is 20.6. The third kappa shape index (κ3) is 4.63. The van der Waals surface area contributed by atoms with Gasteiger partial charge in [0.15, 0.2) is 0 Å². The van der Waals surface area contributed by atoms with E-state index < -0.39 is 6.04 Å². The molecule has 248 valence electrons. The Kier molecular flexibility index (Phi) is 6.70. The minimum absolute atomic E-state index is 0.946. The Balaban J connectivity index is 1.11. The van der Waals surface area contributed by atoms with Gasteiger partial charge in [-0.25, -0.2) is 4.98 Å². The molecular formula is C48H30N3PS. The number of rotatable bonds is 4. The summed E-state index contributed by atoms with van der Waals surface area (Å²) in [4.78, 5) is 10.4. The predicted octanol–water partition coefficient (Wildman–Crippen LogP) is 11.1. The quantitative estimate of drug-likeness (QED) is 0.103. The van der Waals surface area contributed by atoms with Crippen LogP contribution in [0.1, 0.15) is 0 Å². The largest absolute Gasteiger partial charge is 0.292 e. The lowest BCUT2D eigenvalue weighted by Crippen LogP contribution is -2.25. The summed E-state index contributed by atoms with van der Waals surface area (Å²) in [5.74, 6) is 0. The van der Waals surface area contributed by atoms with E-state index in [0.717, 1.165) is 49.5 Å². The fourth-order valence-electron chi connectivity index (χ4n) is 8.22. The van der Waals surface area contributed by atoms with Crippen molar-refractivity contribution < 1.29 is 0 Å². The molecule has 0 atom stereocenters. The van der Waals surface area contributed by atoms with Crippen molar-refractivity contribution in [1.29, 1.82) is 0 Å². The normalized spacial score (nSPS) is 12.2. The van der Waals surface area contributed by atoms with Gasteiger partial charge in [-0.15, -0.1) is 0 Å². The molecule has 8 aromatic carbocycles. The highest BCUT2D eigenvalue weighted by atomic mass is 32.4. The summed E-state index contributed by atoms with van der Waals surface area (Å²) in [6.45, 7) is 0. The first kappa shape index (κ1) is 30.4. The Bertz CT molecular complexity index is 3270. The van der Waals surface area contributed by atoms with E-state index in [-0.39, 0.29) is 0 Å². The smallest absolute Gasteiger partial charge is 0.147 e. The van der Waals surface area contributed by atoms with Gasteiger partial charge in [0, 0.05) is 33.7 Å². The number of benzene rings is 8. The molecule has 0 N–H and O–H groups in total. The molecule has 3 heterocycles. The van der Waals surface area contributed by atoms with Crippen LogP contribution in [-0.2, 0) is 11.8 Å². The zero-order valence-corrected chi connectivity index (χ0v) is 30.2. The van der Waals surface area contributed by atoms with Crippen molar-refractivity contribution in [2.45, 2.75) is 0 Å². The van der Waals surface area contributed by atoms with Gasteiger partial charge in [0.25, 0.3) is 0 Å². The van der Waals surface area contributed by atoms with Crippen LogP contribution in [0.25, 0.3) is 81.9 Å². The fraction of sp³-hybridized carbons (Fsp3) is 0. The molecule has 11 rings (SSSR count). The van der Waals surface area contributed by atoms with E-state index in [1.807, 2.05) is 18.3 Å². The third-order valence-electron chi connectivity index (χ3n) is 10.8. The lowest BCUT2D eigenvalue weighted by atomic mass is 9.97. The second-order valence-electron chi connectivity index (χ2n) is 13.8. The van der Waals surface area contributed by atoms with Crippen LogP contribution in [0, 0.1) is 0 Å². The van der Waals surface area contributed by atoms with Crippen molar-refractivity contribution in [1.82, 2.24) is 14.4 Å². The Hall–Kier alpha value is -6.19. The molecular weight excluding hydrogens is 682 g/mol. The Morgan fingerprint density at radius 2 is 1.08 bits per heavy atom. The molecule has 0 amide bonds. The van der Waals surface area contributed by atoms with E-state index in [1.165, 1.54) is 48.3 Å². The lowest BCUT2D eigenvalue weighted by Gasteiger charge is -2.24. The second-order valence-corrected chi connectivity index (χ2v) is 18.2. The van der Waals surface area contributed by atoms with Gasteiger partial charge in [-0.3, -0.25) is 9.38 Å². The highest BCUT2D eigenvalue weighted by Crippen LogP contribution is 2.43. The van der Waals surface area contributed by atoms with Crippen molar-refractivity contribution >= 4 is 105 Å². The highest BCUT2D eigenvalue weighted by molar-refractivity contribution is 8.25. The average molecular weight is 712 g/mol. The van der Waals surface area contributed by atoms with Crippen molar-refractivity contribution in [3.63, 3.8) is 0 Å². The number of hydrogen-bond acceptors (Lipinski definition) is 3. The Labute approximate surface area is 310 Å². The molecule has 0 unspecified atom stereocenters. The van der Waals surface area contributed by atoms with Gasteiger partial charge in [0.1, 0.15) is 5.65 Å². The first-order valence-electron chi connectivity index (χ1n) is 17.8. The topological polar surface area (TPSA) is 30.2 Å². The van der Waals surface area contributed by atoms with Crippen LogP contribution < -0.4 is 15.9 Å². The van der Waals surface area contributed by atoms with Crippen LogP contribution in [0.15, 0.2) is 182 Å². The summed E-state index contributed by atoms with van der Waals surface area (Å²) in [5, 5.41) is 13.0. The van der Waals surface area contributed by atoms with Gasteiger partial charge >= 0.3 is 0 Å². The molecule has 0 radical (unpaired) electrons. The van der Waals surface area contributed by atoms with Crippen LogP contribution in [0.5, 0.6) is 0 Å². The van der Waals surface area contributed by atoms with Gasteiger partial charge in [0.2, 0.25) is 0 Å². The maximum atomic E-state index is 6.62. The van der Waals surface area contributed by atoms with Crippen LogP contribution in [0.4, 0.5) is 0 Å². The molecule has 3 nitrogen and oxygen atoms in total. The van der Waals surface area contributed by atoms with Crippen molar-refractivity contribution in [2.75, 3.05) is 0 Å². The second kappa shape index (κ2) is 11.7. The van der Waals surface area contributed by atoms with E-state index in [0.29, 0.717) is 0 Å². The van der Waals surface area contributed by atoms with Crippen molar-refractivity contribution in [3.8, 4) is 11.1 Å². The summed E-state index contributed by atoms with van der Waals surface area (Å²) in [6, 6.07) is 60.7. The minimum atomic E-state index is -2.30. The number of aromatic nitrogens is 3. The SMILES string of the molecule is S=P(c1ccccc1)(c1ccccc1)c1cnc2cc(-c3ccc4nc5c6c7ccccc7ccc6c6cc7ccccc7cc6n5c4c3)ccc2c1. The molecule has 0 saturated heterocycles. The van der Waals surface area contributed by atoms with E-state index in [2.05, 4.69) is 168 Å². The number of pyridine rings is 2. The Morgan fingerprint density at radius 3 is 1.85 bits per heavy atom. The fourth-order valence-corrected chi connectivity index (χ4v) is 11.9. The minimum Gasteiger partial charge on any atom is -0.292 e. The van der Waals surface area contributed by atoms with Crippen LogP contribution in [-0.4, -0.2) is 14.4 Å². The summed E-state index contributed by atoms with van der Waals surface area (Å²) < 4.78 is 2.38. The summed E-state index contributed by atoms with van der Waals surface area (Å²) in [6.07, 6.45) is 2.01. The zero-order valence-electron chi connectivity index (χ0n) is 28.5. The van der Waals surface area contributed by atoms with Gasteiger partial charge in [-0.05, 0) is 85.1 Å². The van der Waals surface area contributed by atoms with Crippen molar-refractivity contribution in [3.05, 3.63) is 182 Å². The maximum absolute atomic E-state index is 6.62. The van der Waals surface area contributed by atoms with Gasteiger partial charge in [-0.1, -0.05) is 151 Å². The highest BCUT2D eigenvalue weighted by Gasteiger charge is 2.25. The average Bonchev–Trinajstić information content (AvgIpc) is 3.62. The van der Waals surface area contributed by atoms with E-state index >= 15 is 0 Å². The predicted molar refractivity (Wildman–Crippen MR) is 230 cm³/mol. The summed E-state index contributed by atoms with van der Waals surface area (Å²) in [7, 11) is 0. The maximum Gasteiger partial charge on any atom is 0.147 e. The first-order chi connectivity index (χ1) is 26.1. The van der Waals surface area contributed by atoms with E-state index in [4.69, 9.17) is 21.8 Å².